The molecular weight excluding hydrogens is 208 g/mol. The first-order valence-electron chi connectivity index (χ1n) is 6.51. The van der Waals surface area contributed by atoms with E-state index in [-0.39, 0.29) is 5.54 Å². The summed E-state index contributed by atoms with van der Waals surface area (Å²) in [6.45, 7) is 2.95. The first-order valence-corrected chi connectivity index (χ1v) is 6.51. The van der Waals surface area contributed by atoms with Crippen molar-refractivity contribution in [1.29, 1.82) is 5.26 Å². The lowest BCUT2D eigenvalue weighted by molar-refractivity contribution is 0.280. The SMILES string of the molecule is CCNC1(C#N)CCC(c2ccccc2)CC1. The Labute approximate surface area is 104 Å². The zero-order chi connectivity index (χ0) is 12.1. The first kappa shape index (κ1) is 12.1. The van der Waals surface area contributed by atoms with Crippen molar-refractivity contribution in [3.05, 3.63) is 35.9 Å². The second-order valence-electron chi connectivity index (χ2n) is 4.91. The van der Waals surface area contributed by atoms with Crippen molar-refractivity contribution >= 4 is 0 Å². The average molecular weight is 228 g/mol. The van der Waals surface area contributed by atoms with Crippen LogP contribution >= 0.6 is 0 Å². The maximum absolute atomic E-state index is 9.32. The molecule has 1 aliphatic carbocycles. The summed E-state index contributed by atoms with van der Waals surface area (Å²) in [6.07, 6.45) is 4.17. The minimum atomic E-state index is -0.264. The van der Waals surface area contributed by atoms with Gasteiger partial charge in [-0.3, -0.25) is 5.32 Å². The highest BCUT2D eigenvalue weighted by Crippen LogP contribution is 2.37. The predicted octanol–water partition coefficient (Wildman–Crippen LogP) is 3.22. The maximum atomic E-state index is 9.32. The fourth-order valence-electron chi connectivity index (χ4n) is 2.84. The predicted molar refractivity (Wildman–Crippen MR) is 69.7 cm³/mol. The van der Waals surface area contributed by atoms with Crippen molar-refractivity contribution < 1.29 is 0 Å². The number of rotatable bonds is 3. The summed E-state index contributed by atoms with van der Waals surface area (Å²) in [6, 6.07) is 13.2. The lowest BCUT2D eigenvalue weighted by atomic mass is 9.75. The molecule has 2 heteroatoms. The third-order valence-electron chi connectivity index (χ3n) is 3.84. The molecular formula is C15H20N2. The van der Waals surface area contributed by atoms with E-state index in [0.717, 1.165) is 32.2 Å². The van der Waals surface area contributed by atoms with Gasteiger partial charge >= 0.3 is 0 Å². The van der Waals surface area contributed by atoms with E-state index in [0.29, 0.717) is 5.92 Å². The molecule has 1 N–H and O–H groups in total. The molecule has 1 saturated carbocycles. The van der Waals surface area contributed by atoms with Gasteiger partial charge in [0, 0.05) is 0 Å². The Hall–Kier alpha value is -1.33. The molecule has 1 fully saturated rings. The van der Waals surface area contributed by atoms with Crippen LogP contribution in [0.4, 0.5) is 0 Å². The van der Waals surface area contributed by atoms with Crippen molar-refractivity contribution in [2.24, 2.45) is 0 Å². The summed E-state index contributed by atoms with van der Waals surface area (Å²) in [5.74, 6) is 0.635. The standard InChI is InChI=1S/C15H20N2/c1-2-17-15(12-16)10-8-14(9-11-15)13-6-4-3-5-7-13/h3-7,14,17H,2,8-11H2,1H3. The molecule has 0 heterocycles. The molecule has 1 aromatic rings. The zero-order valence-electron chi connectivity index (χ0n) is 10.4. The second kappa shape index (κ2) is 5.33. The monoisotopic (exact) mass is 228 g/mol. The average Bonchev–Trinajstić information content (AvgIpc) is 2.41. The Morgan fingerprint density at radius 2 is 1.94 bits per heavy atom. The number of hydrogen-bond donors (Lipinski definition) is 1. The van der Waals surface area contributed by atoms with E-state index in [2.05, 4.69) is 48.6 Å². The molecule has 0 aliphatic heterocycles. The summed E-state index contributed by atoms with van der Waals surface area (Å²) >= 11 is 0. The minimum Gasteiger partial charge on any atom is -0.300 e. The van der Waals surface area contributed by atoms with Crippen LogP contribution in [0.25, 0.3) is 0 Å². The van der Waals surface area contributed by atoms with Gasteiger partial charge in [-0.15, -0.1) is 0 Å². The van der Waals surface area contributed by atoms with Gasteiger partial charge in [0.2, 0.25) is 0 Å². The minimum absolute atomic E-state index is 0.264. The van der Waals surface area contributed by atoms with E-state index >= 15 is 0 Å². The van der Waals surface area contributed by atoms with Crippen LogP contribution in [0.2, 0.25) is 0 Å². The Morgan fingerprint density at radius 1 is 1.29 bits per heavy atom. The highest BCUT2D eigenvalue weighted by Gasteiger charge is 2.34. The van der Waals surface area contributed by atoms with Crippen LogP contribution in [-0.2, 0) is 0 Å². The van der Waals surface area contributed by atoms with Crippen molar-refractivity contribution in [2.75, 3.05) is 6.54 Å². The fraction of sp³-hybridized carbons (Fsp3) is 0.533. The van der Waals surface area contributed by atoms with Crippen LogP contribution < -0.4 is 5.32 Å². The molecule has 0 aromatic heterocycles. The van der Waals surface area contributed by atoms with Gasteiger partial charge in [-0.25, -0.2) is 0 Å². The smallest absolute Gasteiger partial charge is 0.106 e. The molecule has 0 saturated heterocycles. The summed E-state index contributed by atoms with van der Waals surface area (Å²) in [5.41, 5.74) is 1.16. The Morgan fingerprint density at radius 3 is 2.47 bits per heavy atom. The van der Waals surface area contributed by atoms with Crippen LogP contribution in [-0.4, -0.2) is 12.1 Å². The van der Waals surface area contributed by atoms with Crippen LogP contribution in [0.5, 0.6) is 0 Å². The molecule has 0 spiro atoms. The largest absolute Gasteiger partial charge is 0.300 e. The number of nitrogens with zero attached hydrogens (tertiary/aromatic N) is 1. The summed E-state index contributed by atoms with van der Waals surface area (Å²) in [7, 11) is 0. The molecule has 90 valence electrons. The number of hydrogen-bond acceptors (Lipinski definition) is 2. The normalized spacial score (nSPS) is 28.6. The topological polar surface area (TPSA) is 35.8 Å². The van der Waals surface area contributed by atoms with Crippen LogP contribution in [0.1, 0.15) is 44.1 Å². The molecule has 0 amide bonds. The fourth-order valence-corrected chi connectivity index (χ4v) is 2.84. The summed E-state index contributed by atoms with van der Waals surface area (Å²) < 4.78 is 0. The van der Waals surface area contributed by atoms with Gasteiger partial charge in [0.25, 0.3) is 0 Å². The molecule has 2 nitrogen and oxygen atoms in total. The third-order valence-corrected chi connectivity index (χ3v) is 3.84. The Bertz CT molecular complexity index is 383. The number of benzene rings is 1. The van der Waals surface area contributed by atoms with Gasteiger partial charge in [0.05, 0.1) is 6.07 Å². The van der Waals surface area contributed by atoms with E-state index < -0.39 is 0 Å². The van der Waals surface area contributed by atoms with Crippen LogP contribution in [0.3, 0.4) is 0 Å². The van der Waals surface area contributed by atoms with Crippen molar-refractivity contribution in [1.82, 2.24) is 5.32 Å². The van der Waals surface area contributed by atoms with E-state index in [1.54, 1.807) is 0 Å². The lowest BCUT2D eigenvalue weighted by Crippen LogP contribution is -2.46. The Kier molecular flexibility index (Phi) is 3.81. The van der Waals surface area contributed by atoms with Gasteiger partial charge in [-0.05, 0) is 43.7 Å². The van der Waals surface area contributed by atoms with Crippen LogP contribution in [0.15, 0.2) is 30.3 Å². The Balaban J connectivity index is 2.01. The second-order valence-corrected chi connectivity index (χ2v) is 4.91. The molecule has 0 radical (unpaired) electrons. The highest BCUT2D eigenvalue weighted by molar-refractivity contribution is 5.22. The van der Waals surface area contributed by atoms with E-state index in [1.807, 2.05) is 0 Å². The van der Waals surface area contributed by atoms with Gasteiger partial charge in [-0.2, -0.15) is 5.26 Å². The molecule has 17 heavy (non-hydrogen) atoms. The summed E-state index contributed by atoms with van der Waals surface area (Å²) in [5, 5.41) is 12.7. The van der Waals surface area contributed by atoms with E-state index in [1.165, 1.54) is 5.56 Å². The molecule has 1 aromatic carbocycles. The third kappa shape index (κ3) is 2.68. The van der Waals surface area contributed by atoms with Gasteiger partial charge in [0.15, 0.2) is 0 Å². The quantitative estimate of drug-likeness (QED) is 0.862. The maximum Gasteiger partial charge on any atom is 0.106 e. The van der Waals surface area contributed by atoms with E-state index in [9.17, 15) is 5.26 Å². The number of nitriles is 1. The van der Waals surface area contributed by atoms with Gasteiger partial charge in [-0.1, -0.05) is 37.3 Å². The molecule has 0 unspecified atom stereocenters. The highest BCUT2D eigenvalue weighted by atomic mass is 15.0. The number of nitrogens with one attached hydrogen (secondary N) is 1. The van der Waals surface area contributed by atoms with Crippen molar-refractivity contribution in [3.63, 3.8) is 0 Å². The van der Waals surface area contributed by atoms with Gasteiger partial charge < -0.3 is 0 Å². The lowest BCUT2D eigenvalue weighted by Gasteiger charge is -2.35. The van der Waals surface area contributed by atoms with Crippen molar-refractivity contribution in [2.45, 2.75) is 44.1 Å². The molecule has 2 rings (SSSR count). The zero-order valence-corrected chi connectivity index (χ0v) is 10.4. The summed E-state index contributed by atoms with van der Waals surface area (Å²) in [4.78, 5) is 0. The molecule has 1 aliphatic rings. The molecule has 0 bridgehead atoms. The first-order chi connectivity index (χ1) is 8.29. The molecule has 0 atom stereocenters. The van der Waals surface area contributed by atoms with Crippen LogP contribution in [0, 0.1) is 11.3 Å². The van der Waals surface area contributed by atoms with Gasteiger partial charge in [0.1, 0.15) is 5.54 Å². The van der Waals surface area contributed by atoms with E-state index in [4.69, 9.17) is 0 Å². The van der Waals surface area contributed by atoms with Crippen molar-refractivity contribution in [3.8, 4) is 6.07 Å².